The number of esters is 1. The summed E-state index contributed by atoms with van der Waals surface area (Å²) in [7, 11) is 0. The first kappa shape index (κ1) is 14.6. The molecule has 3 N–H and O–H groups in total. The standard InChI is InChI=1S/C14H15N3O4/c1-2-6-21-14(20)9-4-3-5-10(7-9)17-12(15)11(8-16-17)13(18)19/h3-5,7-8H,2,6,15H2,1H3,(H,18,19). The zero-order chi connectivity index (χ0) is 15.4. The maximum absolute atomic E-state index is 11.8. The Balaban J connectivity index is 2.33. The third-order valence-corrected chi connectivity index (χ3v) is 2.80. The second kappa shape index (κ2) is 6.08. The van der Waals surface area contributed by atoms with Crippen molar-refractivity contribution < 1.29 is 19.4 Å². The van der Waals surface area contributed by atoms with Crippen LogP contribution in [0.25, 0.3) is 5.69 Å². The van der Waals surface area contributed by atoms with Gasteiger partial charge in [0.1, 0.15) is 11.4 Å². The van der Waals surface area contributed by atoms with Crippen LogP contribution in [0, 0.1) is 0 Å². The number of hydrogen-bond donors (Lipinski definition) is 2. The maximum atomic E-state index is 11.8. The SMILES string of the molecule is CCCOC(=O)c1cccc(-n2ncc(C(=O)O)c2N)c1. The van der Waals surface area contributed by atoms with Crippen LogP contribution in [0.3, 0.4) is 0 Å². The predicted molar refractivity (Wildman–Crippen MR) is 75.5 cm³/mol. The van der Waals surface area contributed by atoms with Crippen molar-refractivity contribution in [3.63, 3.8) is 0 Å². The van der Waals surface area contributed by atoms with Gasteiger partial charge in [0, 0.05) is 0 Å². The number of anilines is 1. The number of nitrogens with two attached hydrogens (primary N) is 1. The molecule has 21 heavy (non-hydrogen) atoms. The van der Waals surface area contributed by atoms with Gasteiger partial charge in [0.2, 0.25) is 0 Å². The normalized spacial score (nSPS) is 10.3. The lowest BCUT2D eigenvalue weighted by Crippen LogP contribution is -2.09. The molecule has 0 amide bonds. The van der Waals surface area contributed by atoms with Crippen LogP contribution in [-0.2, 0) is 4.74 Å². The zero-order valence-electron chi connectivity index (χ0n) is 11.4. The van der Waals surface area contributed by atoms with Gasteiger partial charge in [0.15, 0.2) is 0 Å². The third-order valence-electron chi connectivity index (χ3n) is 2.80. The fraction of sp³-hybridized carbons (Fsp3) is 0.214. The van der Waals surface area contributed by atoms with E-state index < -0.39 is 11.9 Å². The highest BCUT2D eigenvalue weighted by atomic mass is 16.5. The lowest BCUT2D eigenvalue weighted by atomic mass is 10.2. The molecule has 0 atom stereocenters. The first-order chi connectivity index (χ1) is 10.0. The van der Waals surface area contributed by atoms with E-state index in [1.807, 2.05) is 6.92 Å². The third kappa shape index (κ3) is 3.02. The van der Waals surface area contributed by atoms with E-state index in [4.69, 9.17) is 15.6 Å². The summed E-state index contributed by atoms with van der Waals surface area (Å²) < 4.78 is 6.31. The summed E-state index contributed by atoms with van der Waals surface area (Å²) >= 11 is 0. The summed E-state index contributed by atoms with van der Waals surface area (Å²) in [6.45, 7) is 2.25. The molecule has 1 heterocycles. The molecule has 0 unspecified atom stereocenters. The Morgan fingerprint density at radius 1 is 1.43 bits per heavy atom. The average Bonchev–Trinajstić information content (AvgIpc) is 2.86. The summed E-state index contributed by atoms with van der Waals surface area (Å²) in [5.41, 5.74) is 6.50. The van der Waals surface area contributed by atoms with Gasteiger partial charge in [-0.25, -0.2) is 14.3 Å². The van der Waals surface area contributed by atoms with E-state index in [1.54, 1.807) is 24.3 Å². The minimum atomic E-state index is -1.16. The van der Waals surface area contributed by atoms with Crippen LogP contribution in [0.2, 0.25) is 0 Å². The van der Waals surface area contributed by atoms with Gasteiger partial charge in [-0.3, -0.25) is 0 Å². The molecular weight excluding hydrogens is 274 g/mol. The van der Waals surface area contributed by atoms with Crippen molar-refractivity contribution in [1.29, 1.82) is 0 Å². The number of nitrogens with zero attached hydrogens (tertiary/aromatic N) is 2. The molecule has 0 radical (unpaired) electrons. The first-order valence-corrected chi connectivity index (χ1v) is 6.39. The molecule has 0 spiro atoms. The van der Waals surface area contributed by atoms with Crippen LogP contribution in [0.15, 0.2) is 30.5 Å². The van der Waals surface area contributed by atoms with Crippen LogP contribution >= 0.6 is 0 Å². The van der Waals surface area contributed by atoms with Crippen LogP contribution in [-0.4, -0.2) is 33.4 Å². The first-order valence-electron chi connectivity index (χ1n) is 6.39. The lowest BCUT2D eigenvalue weighted by Gasteiger charge is -2.07. The van der Waals surface area contributed by atoms with Crippen LogP contribution in [0.4, 0.5) is 5.82 Å². The van der Waals surface area contributed by atoms with Gasteiger partial charge >= 0.3 is 11.9 Å². The largest absolute Gasteiger partial charge is 0.477 e. The maximum Gasteiger partial charge on any atom is 0.341 e. The number of ether oxygens (including phenoxy) is 1. The van der Waals surface area contributed by atoms with Crippen LogP contribution < -0.4 is 5.73 Å². The number of benzene rings is 1. The van der Waals surface area contributed by atoms with E-state index in [1.165, 1.54) is 10.9 Å². The number of aromatic carboxylic acids is 1. The molecule has 0 saturated heterocycles. The summed E-state index contributed by atoms with van der Waals surface area (Å²) in [4.78, 5) is 22.8. The molecular formula is C14H15N3O4. The van der Waals surface area contributed by atoms with Gasteiger partial charge in [-0.1, -0.05) is 13.0 Å². The lowest BCUT2D eigenvalue weighted by molar-refractivity contribution is 0.0504. The molecule has 0 aliphatic heterocycles. The van der Waals surface area contributed by atoms with Crippen LogP contribution in [0.5, 0.6) is 0 Å². The Hall–Kier alpha value is -2.83. The number of hydrogen-bond acceptors (Lipinski definition) is 5. The van der Waals surface area contributed by atoms with Crippen molar-refractivity contribution in [3.8, 4) is 5.69 Å². The number of rotatable bonds is 5. The van der Waals surface area contributed by atoms with Gasteiger partial charge in [0.05, 0.1) is 24.1 Å². The Bertz CT molecular complexity index is 679. The van der Waals surface area contributed by atoms with Gasteiger partial charge in [-0.15, -0.1) is 0 Å². The van der Waals surface area contributed by atoms with Crippen molar-refractivity contribution in [3.05, 3.63) is 41.6 Å². The van der Waals surface area contributed by atoms with Crippen LogP contribution in [0.1, 0.15) is 34.1 Å². The van der Waals surface area contributed by atoms with E-state index in [2.05, 4.69) is 5.10 Å². The molecule has 7 heteroatoms. The molecule has 2 rings (SSSR count). The van der Waals surface area contributed by atoms with Crippen molar-refractivity contribution in [1.82, 2.24) is 9.78 Å². The molecule has 110 valence electrons. The van der Waals surface area contributed by atoms with E-state index in [-0.39, 0.29) is 11.4 Å². The van der Waals surface area contributed by atoms with Gasteiger partial charge in [-0.05, 0) is 24.6 Å². The molecule has 0 saturated carbocycles. The Morgan fingerprint density at radius 2 is 2.19 bits per heavy atom. The van der Waals surface area contributed by atoms with E-state index in [0.717, 1.165) is 6.42 Å². The molecule has 7 nitrogen and oxygen atoms in total. The fourth-order valence-corrected chi connectivity index (χ4v) is 1.77. The number of carboxylic acids is 1. The van der Waals surface area contributed by atoms with Crippen molar-refractivity contribution in [2.24, 2.45) is 0 Å². The van der Waals surface area contributed by atoms with Crippen molar-refractivity contribution in [2.45, 2.75) is 13.3 Å². The molecule has 2 aromatic rings. The molecule has 0 aliphatic rings. The molecule has 0 bridgehead atoms. The minimum Gasteiger partial charge on any atom is -0.477 e. The Labute approximate surface area is 120 Å². The minimum absolute atomic E-state index is 0.00146. The second-order valence-electron chi connectivity index (χ2n) is 4.35. The van der Waals surface area contributed by atoms with Gasteiger partial charge < -0.3 is 15.6 Å². The van der Waals surface area contributed by atoms with Gasteiger partial charge in [0.25, 0.3) is 0 Å². The molecule has 0 aliphatic carbocycles. The average molecular weight is 289 g/mol. The van der Waals surface area contributed by atoms with Gasteiger partial charge in [-0.2, -0.15) is 5.10 Å². The van der Waals surface area contributed by atoms with E-state index in [9.17, 15) is 9.59 Å². The summed E-state index contributed by atoms with van der Waals surface area (Å²) in [6.07, 6.45) is 1.90. The summed E-state index contributed by atoms with van der Waals surface area (Å²) in [5, 5.41) is 12.9. The smallest absolute Gasteiger partial charge is 0.341 e. The van der Waals surface area contributed by atoms with E-state index in [0.29, 0.717) is 17.9 Å². The molecule has 1 aromatic carbocycles. The number of aromatic nitrogens is 2. The number of carboxylic acid groups (broad SMARTS) is 1. The number of carbonyl (C=O) groups is 2. The highest BCUT2D eigenvalue weighted by Crippen LogP contribution is 2.18. The zero-order valence-corrected chi connectivity index (χ0v) is 11.4. The van der Waals surface area contributed by atoms with Crippen molar-refractivity contribution in [2.75, 3.05) is 12.3 Å². The number of nitrogen functional groups attached to an aromatic ring is 1. The molecule has 0 fully saturated rings. The summed E-state index contributed by atoms with van der Waals surface area (Å²) in [6, 6.07) is 6.48. The topological polar surface area (TPSA) is 107 Å². The van der Waals surface area contributed by atoms with E-state index >= 15 is 0 Å². The highest BCUT2D eigenvalue weighted by Gasteiger charge is 2.16. The predicted octanol–water partition coefficient (Wildman–Crippen LogP) is 1.72. The van der Waals surface area contributed by atoms with Crippen molar-refractivity contribution >= 4 is 17.8 Å². The molecule has 1 aromatic heterocycles. The Kier molecular flexibility index (Phi) is 4.22. The monoisotopic (exact) mass is 289 g/mol. The summed E-state index contributed by atoms with van der Waals surface area (Å²) in [5.74, 6) is -1.60. The highest BCUT2D eigenvalue weighted by molar-refractivity contribution is 5.93. The second-order valence-corrected chi connectivity index (χ2v) is 4.35. The fourth-order valence-electron chi connectivity index (χ4n) is 1.77. The Morgan fingerprint density at radius 3 is 2.81 bits per heavy atom. The quantitative estimate of drug-likeness (QED) is 0.811. The number of carbonyl (C=O) groups excluding carboxylic acids is 1.